The van der Waals surface area contributed by atoms with Gasteiger partial charge in [0.1, 0.15) is 5.82 Å². The molecule has 7 heteroatoms. The SMILES string of the molecule is COCCn1c(C)cc(C(=O)CSc2n[nH]c(CC3CCCC3)n2)c1C. The molecule has 0 saturated heterocycles. The van der Waals surface area contributed by atoms with Gasteiger partial charge in [-0.25, -0.2) is 4.98 Å². The van der Waals surface area contributed by atoms with Gasteiger partial charge in [0.25, 0.3) is 0 Å². The van der Waals surface area contributed by atoms with E-state index in [2.05, 4.69) is 19.7 Å². The Morgan fingerprint density at radius 3 is 2.88 bits per heavy atom. The Bertz CT molecular complexity index is 747. The van der Waals surface area contributed by atoms with E-state index in [1.165, 1.54) is 37.4 Å². The van der Waals surface area contributed by atoms with Crippen LogP contribution in [0.1, 0.15) is 53.3 Å². The van der Waals surface area contributed by atoms with Gasteiger partial charge in [0.15, 0.2) is 5.78 Å². The van der Waals surface area contributed by atoms with Crippen molar-refractivity contribution in [1.82, 2.24) is 19.7 Å². The summed E-state index contributed by atoms with van der Waals surface area (Å²) in [5.74, 6) is 2.16. The highest BCUT2D eigenvalue weighted by molar-refractivity contribution is 7.99. The zero-order valence-electron chi connectivity index (χ0n) is 15.9. The number of methoxy groups -OCH3 is 1. The van der Waals surface area contributed by atoms with Crippen molar-refractivity contribution >= 4 is 17.5 Å². The lowest BCUT2D eigenvalue weighted by Gasteiger charge is -2.08. The van der Waals surface area contributed by atoms with Gasteiger partial charge >= 0.3 is 0 Å². The molecule has 0 atom stereocenters. The fourth-order valence-electron chi connectivity index (χ4n) is 3.74. The molecule has 2 heterocycles. The normalized spacial score (nSPS) is 15.0. The largest absolute Gasteiger partial charge is 0.383 e. The number of aryl methyl sites for hydroxylation is 1. The van der Waals surface area contributed by atoms with Crippen LogP contribution in [0.3, 0.4) is 0 Å². The number of aromatic amines is 1. The zero-order valence-corrected chi connectivity index (χ0v) is 16.7. The molecular formula is C19H28N4O2S. The van der Waals surface area contributed by atoms with Crippen molar-refractivity contribution in [3.05, 3.63) is 28.8 Å². The molecule has 3 rings (SSSR count). The fourth-order valence-corrected chi connectivity index (χ4v) is 4.44. The standard InChI is InChI=1S/C19H28N4O2S/c1-13-10-16(14(2)23(13)8-9-25-3)17(24)12-26-19-20-18(21-22-19)11-15-6-4-5-7-15/h10,15H,4-9,11-12H2,1-3H3,(H,20,21,22). The first kappa shape index (κ1) is 19.2. The molecule has 1 N–H and O–H groups in total. The van der Waals surface area contributed by atoms with E-state index in [9.17, 15) is 4.79 Å². The van der Waals surface area contributed by atoms with E-state index in [-0.39, 0.29) is 5.78 Å². The number of hydrogen-bond acceptors (Lipinski definition) is 5. The number of ether oxygens (including phenoxy) is 1. The van der Waals surface area contributed by atoms with Gasteiger partial charge in [-0.1, -0.05) is 37.4 Å². The Kier molecular flexibility index (Phi) is 6.53. The molecule has 0 aromatic carbocycles. The summed E-state index contributed by atoms with van der Waals surface area (Å²) < 4.78 is 7.28. The first-order chi connectivity index (χ1) is 12.6. The molecule has 6 nitrogen and oxygen atoms in total. The Labute approximate surface area is 159 Å². The van der Waals surface area contributed by atoms with Crippen molar-refractivity contribution in [1.29, 1.82) is 0 Å². The van der Waals surface area contributed by atoms with E-state index < -0.39 is 0 Å². The molecule has 1 aliphatic carbocycles. The van der Waals surface area contributed by atoms with E-state index in [4.69, 9.17) is 4.74 Å². The second-order valence-corrected chi connectivity index (χ2v) is 8.00. The van der Waals surface area contributed by atoms with Gasteiger partial charge in [0, 0.05) is 37.0 Å². The smallest absolute Gasteiger partial charge is 0.208 e. The summed E-state index contributed by atoms with van der Waals surface area (Å²) in [6.07, 6.45) is 6.22. The van der Waals surface area contributed by atoms with Crippen molar-refractivity contribution < 1.29 is 9.53 Å². The number of aromatic nitrogens is 4. The number of Topliss-reactive ketones (excluding diaryl/α,β-unsaturated/α-hetero) is 1. The molecule has 26 heavy (non-hydrogen) atoms. The summed E-state index contributed by atoms with van der Waals surface area (Å²) in [7, 11) is 1.69. The highest BCUT2D eigenvalue weighted by Gasteiger charge is 2.19. The minimum absolute atomic E-state index is 0.119. The van der Waals surface area contributed by atoms with Crippen LogP contribution in [-0.4, -0.2) is 45.0 Å². The average Bonchev–Trinajstić information content (AvgIpc) is 3.34. The number of thioether (sulfide) groups is 1. The summed E-state index contributed by atoms with van der Waals surface area (Å²) in [6, 6.07) is 1.97. The van der Waals surface area contributed by atoms with Crippen LogP contribution in [0, 0.1) is 19.8 Å². The van der Waals surface area contributed by atoms with Gasteiger partial charge in [-0.3, -0.25) is 9.89 Å². The van der Waals surface area contributed by atoms with Gasteiger partial charge in [-0.2, -0.15) is 0 Å². The van der Waals surface area contributed by atoms with E-state index in [1.807, 2.05) is 19.9 Å². The Morgan fingerprint density at radius 1 is 1.38 bits per heavy atom. The first-order valence-corrected chi connectivity index (χ1v) is 10.3. The monoisotopic (exact) mass is 376 g/mol. The van der Waals surface area contributed by atoms with E-state index in [0.717, 1.165) is 41.7 Å². The number of nitrogens with one attached hydrogen (secondary N) is 1. The van der Waals surface area contributed by atoms with Crippen LogP contribution in [0.2, 0.25) is 0 Å². The van der Waals surface area contributed by atoms with Crippen LogP contribution in [0.15, 0.2) is 11.2 Å². The quantitative estimate of drug-likeness (QED) is 0.535. The highest BCUT2D eigenvalue weighted by atomic mass is 32.2. The zero-order chi connectivity index (χ0) is 18.5. The molecule has 0 unspecified atom stereocenters. The Morgan fingerprint density at radius 2 is 2.15 bits per heavy atom. The molecule has 2 aromatic rings. The molecule has 1 saturated carbocycles. The molecule has 142 valence electrons. The topological polar surface area (TPSA) is 72.8 Å². The summed E-state index contributed by atoms with van der Waals surface area (Å²) >= 11 is 1.41. The number of rotatable bonds is 9. The lowest BCUT2D eigenvalue weighted by atomic mass is 10.0. The number of nitrogens with zero attached hydrogens (tertiary/aromatic N) is 3. The van der Waals surface area contributed by atoms with Gasteiger partial charge in [0.2, 0.25) is 5.16 Å². The second-order valence-electron chi connectivity index (χ2n) is 7.06. The minimum atomic E-state index is 0.119. The third-order valence-corrected chi connectivity index (χ3v) is 6.04. The summed E-state index contributed by atoms with van der Waals surface area (Å²) in [4.78, 5) is 17.2. The molecular weight excluding hydrogens is 348 g/mol. The number of ketones is 1. The predicted molar refractivity (Wildman–Crippen MR) is 103 cm³/mol. The predicted octanol–water partition coefficient (Wildman–Crippen LogP) is 3.58. The maximum absolute atomic E-state index is 12.6. The molecule has 2 aromatic heterocycles. The van der Waals surface area contributed by atoms with Crippen molar-refractivity contribution in [2.45, 2.75) is 57.7 Å². The molecule has 0 radical (unpaired) electrons. The van der Waals surface area contributed by atoms with Crippen LogP contribution in [0.4, 0.5) is 0 Å². The van der Waals surface area contributed by atoms with Gasteiger partial charge in [0.05, 0.1) is 12.4 Å². The van der Waals surface area contributed by atoms with Crippen LogP contribution >= 0.6 is 11.8 Å². The number of hydrogen-bond donors (Lipinski definition) is 1. The van der Waals surface area contributed by atoms with E-state index >= 15 is 0 Å². The summed E-state index contributed by atoms with van der Waals surface area (Å²) in [5, 5.41) is 7.96. The van der Waals surface area contributed by atoms with Crippen molar-refractivity contribution in [3.63, 3.8) is 0 Å². The molecule has 0 amide bonds. The highest BCUT2D eigenvalue weighted by Crippen LogP contribution is 2.27. The molecule has 0 aliphatic heterocycles. The van der Waals surface area contributed by atoms with Crippen LogP contribution in [0.5, 0.6) is 0 Å². The maximum Gasteiger partial charge on any atom is 0.208 e. The maximum atomic E-state index is 12.6. The van der Waals surface area contributed by atoms with Crippen molar-refractivity contribution in [3.8, 4) is 0 Å². The molecule has 1 aliphatic rings. The van der Waals surface area contributed by atoms with Gasteiger partial charge in [-0.05, 0) is 25.8 Å². The second kappa shape index (κ2) is 8.86. The number of carbonyl (C=O) groups is 1. The number of carbonyl (C=O) groups excluding carboxylic acids is 1. The van der Waals surface area contributed by atoms with Crippen LogP contribution < -0.4 is 0 Å². The Balaban J connectivity index is 1.56. The van der Waals surface area contributed by atoms with Crippen LogP contribution in [0.25, 0.3) is 0 Å². The lowest BCUT2D eigenvalue weighted by molar-refractivity contribution is 0.102. The summed E-state index contributed by atoms with van der Waals surface area (Å²) in [6.45, 7) is 5.42. The van der Waals surface area contributed by atoms with E-state index in [1.54, 1.807) is 7.11 Å². The van der Waals surface area contributed by atoms with Gasteiger partial charge < -0.3 is 9.30 Å². The lowest BCUT2D eigenvalue weighted by Crippen LogP contribution is -2.09. The van der Waals surface area contributed by atoms with Crippen LogP contribution in [-0.2, 0) is 17.7 Å². The molecule has 0 spiro atoms. The third kappa shape index (κ3) is 4.57. The van der Waals surface area contributed by atoms with Crippen molar-refractivity contribution in [2.75, 3.05) is 19.5 Å². The third-order valence-electron chi connectivity index (χ3n) is 5.19. The average molecular weight is 377 g/mol. The minimum Gasteiger partial charge on any atom is -0.383 e. The summed E-state index contributed by atoms with van der Waals surface area (Å²) in [5.41, 5.74) is 2.87. The number of H-pyrrole nitrogens is 1. The van der Waals surface area contributed by atoms with Gasteiger partial charge in [-0.15, -0.1) is 5.10 Å². The van der Waals surface area contributed by atoms with Crippen molar-refractivity contribution in [2.24, 2.45) is 5.92 Å². The molecule has 0 bridgehead atoms. The molecule has 1 fully saturated rings. The van der Waals surface area contributed by atoms with E-state index in [0.29, 0.717) is 17.5 Å². The fraction of sp³-hybridized carbons (Fsp3) is 0.632. The first-order valence-electron chi connectivity index (χ1n) is 9.31. The Hall–Kier alpha value is -1.60.